The van der Waals surface area contributed by atoms with Crippen molar-refractivity contribution in [3.05, 3.63) is 35.9 Å². The second-order valence-corrected chi connectivity index (χ2v) is 9.03. The Bertz CT molecular complexity index is 656. The molecular formula is C19H31N3O3S. The molecule has 146 valence electrons. The number of nitrogens with one attached hydrogen (secondary N) is 1. The minimum absolute atomic E-state index is 0.278. The lowest BCUT2D eigenvalue weighted by molar-refractivity contribution is -0.124. The number of amides is 1. The van der Waals surface area contributed by atoms with Crippen LogP contribution in [0.4, 0.5) is 0 Å². The van der Waals surface area contributed by atoms with E-state index in [0.29, 0.717) is 12.1 Å². The zero-order chi connectivity index (χ0) is 19.0. The molecule has 1 atom stereocenters. The predicted octanol–water partition coefficient (Wildman–Crippen LogP) is 2.00. The van der Waals surface area contributed by atoms with Crippen LogP contribution in [0, 0.1) is 0 Å². The summed E-state index contributed by atoms with van der Waals surface area (Å²) in [5.74, 6) is -0.278. The first-order valence-corrected chi connectivity index (χ1v) is 11.2. The van der Waals surface area contributed by atoms with E-state index in [9.17, 15) is 13.2 Å². The SMILES string of the molecule is CN([C@H](C(=O)NCCCN1CCCCCC1)c1ccccc1)S(C)(=O)=O. The van der Waals surface area contributed by atoms with Crippen molar-refractivity contribution in [2.45, 2.75) is 38.1 Å². The maximum atomic E-state index is 12.7. The summed E-state index contributed by atoms with van der Waals surface area (Å²) in [4.78, 5) is 15.2. The normalized spacial score (nSPS) is 17.7. The summed E-state index contributed by atoms with van der Waals surface area (Å²) in [6.45, 7) is 3.79. The van der Waals surface area contributed by atoms with Gasteiger partial charge in [-0.15, -0.1) is 0 Å². The van der Waals surface area contributed by atoms with Gasteiger partial charge in [0, 0.05) is 13.6 Å². The second-order valence-electron chi connectivity index (χ2n) is 6.99. The van der Waals surface area contributed by atoms with Crippen LogP contribution in [0.5, 0.6) is 0 Å². The second kappa shape index (κ2) is 10.0. The van der Waals surface area contributed by atoms with E-state index >= 15 is 0 Å². The molecule has 0 unspecified atom stereocenters. The molecule has 1 saturated heterocycles. The van der Waals surface area contributed by atoms with Gasteiger partial charge in [-0.3, -0.25) is 4.79 Å². The number of carbonyl (C=O) groups excluding carboxylic acids is 1. The molecule has 1 N–H and O–H groups in total. The Balaban J connectivity index is 1.92. The van der Waals surface area contributed by atoms with Crippen LogP contribution in [0.1, 0.15) is 43.7 Å². The lowest BCUT2D eigenvalue weighted by atomic mass is 10.1. The Morgan fingerprint density at radius 1 is 1.15 bits per heavy atom. The molecule has 1 heterocycles. The number of likely N-dealkylation sites (N-methyl/N-ethyl adjacent to an activating group) is 1. The first-order chi connectivity index (χ1) is 12.4. The van der Waals surface area contributed by atoms with Gasteiger partial charge in [-0.05, 0) is 44.5 Å². The minimum atomic E-state index is -3.48. The summed E-state index contributed by atoms with van der Waals surface area (Å²) in [7, 11) is -2.03. The molecule has 0 bridgehead atoms. The van der Waals surface area contributed by atoms with Gasteiger partial charge in [0.05, 0.1) is 6.26 Å². The minimum Gasteiger partial charge on any atom is -0.354 e. The molecule has 0 saturated carbocycles. The van der Waals surface area contributed by atoms with Crippen LogP contribution in [0.2, 0.25) is 0 Å². The highest BCUT2D eigenvalue weighted by Crippen LogP contribution is 2.21. The van der Waals surface area contributed by atoms with Crippen LogP contribution in [0.15, 0.2) is 30.3 Å². The Morgan fingerprint density at radius 2 is 1.77 bits per heavy atom. The average molecular weight is 382 g/mol. The van der Waals surface area contributed by atoms with Crippen molar-refractivity contribution in [3.8, 4) is 0 Å². The fourth-order valence-electron chi connectivity index (χ4n) is 3.32. The highest BCUT2D eigenvalue weighted by Gasteiger charge is 2.30. The first-order valence-electron chi connectivity index (χ1n) is 9.37. The zero-order valence-electron chi connectivity index (χ0n) is 15.9. The van der Waals surface area contributed by atoms with Crippen LogP contribution < -0.4 is 5.32 Å². The first kappa shape index (κ1) is 20.9. The monoisotopic (exact) mass is 381 g/mol. The van der Waals surface area contributed by atoms with Crippen molar-refractivity contribution >= 4 is 15.9 Å². The van der Waals surface area contributed by atoms with Gasteiger partial charge in [0.2, 0.25) is 15.9 Å². The van der Waals surface area contributed by atoms with Gasteiger partial charge in [-0.1, -0.05) is 43.2 Å². The number of nitrogens with zero attached hydrogens (tertiary/aromatic N) is 2. The number of hydrogen-bond donors (Lipinski definition) is 1. The molecule has 1 aliphatic rings. The molecule has 1 fully saturated rings. The summed E-state index contributed by atoms with van der Waals surface area (Å²) >= 11 is 0. The van der Waals surface area contributed by atoms with E-state index in [-0.39, 0.29) is 5.91 Å². The largest absolute Gasteiger partial charge is 0.354 e. The van der Waals surface area contributed by atoms with Gasteiger partial charge in [-0.2, -0.15) is 4.31 Å². The van der Waals surface area contributed by atoms with Gasteiger partial charge in [0.1, 0.15) is 6.04 Å². The Kier molecular flexibility index (Phi) is 8.06. The van der Waals surface area contributed by atoms with Gasteiger partial charge >= 0.3 is 0 Å². The van der Waals surface area contributed by atoms with E-state index in [4.69, 9.17) is 0 Å². The molecule has 0 radical (unpaired) electrons. The number of rotatable bonds is 8. The highest BCUT2D eigenvalue weighted by molar-refractivity contribution is 7.88. The van der Waals surface area contributed by atoms with Crippen LogP contribution >= 0.6 is 0 Å². The molecule has 1 aromatic rings. The average Bonchev–Trinajstić information content (AvgIpc) is 2.88. The maximum absolute atomic E-state index is 12.7. The standard InChI is InChI=1S/C19H31N3O3S/c1-21(26(2,24)25)18(17-11-6-5-7-12-17)19(23)20-13-10-16-22-14-8-3-4-9-15-22/h5-7,11-12,18H,3-4,8-10,13-16H2,1-2H3,(H,20,23)/t18-/m0/s1. The van der Waals surface area contributed by atoms with Crippen molar-refractivity contribution in [1.82, 2.24) is 14.5 Å². The van der Waals surface area contributed by atoms with Gasteiger partial charge in [0.15, 0.2) is 0 Å². The summed E-state index contributed by atoms with van der Waals surface area (Å²) < 4.78 is 25.0. The van der Waals surface area contributed by atoms with Crippen LogP contribution in [0.25, 0.3) is 0 Å². The lowest BCUT2D eigenvalue weighted by Crippen LogP contribution is -2.42. The highest BCUT2D eigenvalue weighted by atomic mass is 32.2. The Labute approximate surface area is 157 Å². The molecule has 6 nitrogen and oxygen atoms in total. The zero-order valence-corrected chi connectivity index (χ0v) is 16.7. The third-order valence-electron chi connectivity index (χ3n) is 4.90. The summed E-state index contributed by atoms with van der Waals surface area (Å²) in [5.41, 5.74) is 0.672. The molecule has 1 aromatic carbocycles. The van der Waals surface area contributed by atoms with E-state index in [2.05, 4.69) is 10.2 Å². The van der Waals surface area contributed by atoms with Gasteiger partial charge in [0.25, 0.3) is 0 Å². The number of likely N-dealkylation sites (tertiary alicyclic amines) is 1. The predicted molar refractivity (Wildman–Crippen MR) is 104 cm³/mol. The quantitative estimate of drug-likeness (QED) is 0.699. The van der Waals surface area contributed by atoms with E-state index < -0.39 is 16.1 Å². The van der Waals surface area contributed by atoms with E-state index in [0.717, 1.165) is 36.6 Å². The summed E-state index contributed by atoms with van der Waals surface area (Å²) in [6, 6.07) is 8.19. The van der Waals surface area contributed by atoms with Crippen LogP contribution in [-0.2, 0) is 14.8 Å². The molecule has 7 heteroatoms. The molecule has 0 aliphatic carbocycles. The topological polar surface area (TPSA) is 69.7 Å². The fraction of sp³-hybridized carbons (Fsp3) is 0.632. The number of hydrogen-bond acceptors (Lipinski definition) is 4. The maximum Gasteiger partial charge on any atom is 0.242 e. The third-order valence-corrected chi connectivity index (χ3v) is 6.16. The van der Waals surface area contributed by atoms with Crippen molar-refractivity contribution in [3.63, 3.8) is 0 Å². The third kappa shape index (κ3) is 6.37. The molecule has 26 heavy (non-hydrogen) atoms. The smallest absolute Gasteiger partial charge is 0.242 e. The van der Waals surface area contributed by atoms with Crippen molar-refractivity contribution in [1.29, 1.82) is 0 Å². The summed E-state index contributed by atoms with van der Waals surface area (Å²) in [5, 5.41) is 2.92. The fourth-order valence-corrected chi connectivity index (χ4v) is 3.92. The molecule has 0 aromatic heterocycles. The van der Waals surface area contributed by atoms with Gasteiger partial charge < -0.3 is 10.2 Å². The molecule has 0 spiro atoms. The molecular weight excluding hydrogens is 350 g/mol. The molecule has 1 aliphatic heterocycles. The van der Waals surface area contributed by atoms with Gasteiger partial charge in [-0.25, -0.2) is 8.42 Å². The van der Waals surface area contributed by atoms with Crippen molar-refractivity contribution in [2.75, 3.05) is 39.5 Å². The van der Waals surface area contributed by atoms with Crippen LogP contribution in [-0.4, -0.2) is 63.0 Å². The van der Waals surface area contributed by atoms with Crippen molar-refractivity contribution < 1.29 is 13.2 Å². The number of carbonyl (C=O) groups is 1. The summed E-state index contributed by atoms with van der Waals surface area (Å²) in [6.07, 6.45) is 7.11. The number of benzene rings is 1. The lowest BCUT2D eigenvalue weighted by Gasteiger charge is -2.26. The number of sulfonamides is 1. The molecule has 2 rings (SSSR count). The Morgan fingerprint density at radius 3 is 2.35 bits per heavy atom. The van der Waals surface area contributed by atoms with E-state index in [1.54, 1.807) is 12.1 Å². The van der Waals surface area contributed by atoms with Crippen LogP contribution in [0.3, 0.4) is 0 Å². The Hall–Kier alpha value is -1.44. The van der Waals surface area contributed by atoms with E-state index in [1.165, 1.54) is 32.7 Å². The van der Waals surface area contributed by atoms with E-state index in [1.807, 2.05) is 18.2 Å². The van der Waals surface area contributed by atoms with Crippen molar-refractivity contribution in [2.24, 2.45) is 0 Å². The molecule has 1 amide bonds.